The van der Waals surface area contributed by atoms with Gasteiger partial charge in [-0.1, -0.05) is 36.4 Å². The number of amides is 1. The first-order valence-corrected chi connectivity index (χ1v) is 10.9. The summed E-state index contributed by atoms with van der Waals surface area (Å²) in [6.45, 7) is 4.22. The fraction of sp³-hybridized carbons (Fsp3) is 0.214. The Labute approximate surface area is 194 Å². The minimum atomic E-state index is -0.191. The number of rotatable bonds is 5. The van der Waals surface area contributed by atoms with Gasteiger partial charge in [-0.15, -0.1) is 0 Å². The van der Waals surface area contributed by atoms with Crippen LogP contribution in [0.25, 0.3) is 5.70 Å². The lowest BCUT2D eigenvalue weighted by Gasteiger charge is -2.35. The van der Waals surface area contributed by atoms with Gasteiger partial charge in [0, 0.05) is 46.7 Å². The molecule has 33 heavy (non-hydrogen) atoms. The fourth-order valence-electron chi connectivity index (χ4n) is 4.14. The van der Waals surface area contributed by atoms with Crippen LogP contribution < -0.4 is 15.0 Å². The lowest BCUT2D eigenvalue weighted by atomic mass is 9.85. The van der Waals surface area contributed by atoms with Gasteiger partial charge in [0.15, 0.2) is 5.78 Å². The number of para-hydroxylation sites is 1. The normalized spacial score (nSPS) is 15.3. The van der Waals surface area contributed by atoms with Crippen molar-refractivity contribution >= 4 is 23.1 Å². The van der Waals surface area contributed by atoms with Crippen LogP contribution in [0.15, 0.2) is 78.9 Å². The molecule has 4 rings (SSSR count). The van der Waals surface area contributed by atoms with E-state index in [0.717, 1.165) is 34.7 Å². The van der Waals surface area contributed by atoms with E-state index in [2.05, 4.69) is 19.2 Å². The number of carbonyl (C=O) groups is 2. The molecule has 5 heteroatoms. The number of methoxy groups -OCH3 is 1. The van der Waals surface area contributed by atoms with E-state index < -0.39 is 0 Å². The summed E-state index contributed by atoms with van der Waals surface area (Å²) in [5.41, 5.74) is 4.40. The molecule has 3 aromatic rings. The molecule has 1 aliphatic heterocycles. The molecule has 0 saturated carbocycles. The SMILES string of the molecule is COc1ccc2c(c1)/C(=C/C(=O)c1cccc(C(=O)N(C)c3ccccc3)c1)NC(C)(C)C2. The second kappa shape index (κ2) is 8.94. The number of fused-ring (bicyclic) bond motifs is 1. The Morgan fingerprint density at radius 2 is 1.70 bits per heavy atom. The third-order valence-corrected chi connectivity index (χ3v) is 5.83. The van der Waals surface area contributed by atoms with Crippen LogP contribution in [-0.4, -0.2) is 31.4 Å². The number of hydrogen-bond donors (Lipinski definition) is 1. The number of hydrogen-bond acceptors (Lipinski definition) is 4. The minimum absolute atomic E-state index is 0.166. The smallest absolute Gasteiger partial charge is 0.258 e. The van der Waals surface area contributed by atoms with E-state index in [1.807, 2.05) is 48.5 Å². The van der Waals surface area contributed by atoms with Crippen molar-refractivity contribution in [2.24, 2.45) is 0 Å². The highest BCUT2D eigenvalue weighted by Crippen LogP contribution is 2.32. The van der Waals surface area contributed by atoms with Gasteiger partial charge < -0.3 is 15.0 Å². The van der Waals surface area contributed by atoms with E-state index in [-0.39, 0.29) is 17.2 Å². The monoisotopic (exact) mass is 440 g/mol. The topological polar surface area (TPSA) is 58.6 Å². The summed E-state index contributed by atoms with van der Waals surface area (Å²) in [4.78, 5) is 27.8. The molecule has 0 aliphatic carbocycles. The largest absolute Gasteiger partial charge is 0.497 e. The summed E-state index contributed by atoms with van der Waals surface area (Å²) in [6, 6.07) is 22.2. The van der Waals surface area contributed by atoms with Crippen LogP contribution in [0.2, 0.25) is 0 Å². The van der Waals surface area contributed by atoms with Crippen LogP contribution in [0, 0.1) is 0 Å². The van der Waals surface area contributed by atoms with E-state index in [9.17, 15) is 9.59 Å². The summed E-state index contributed by atoms with van der Waals surface area (Å²) in [7, 11) is 3.36. The molecule has 0 radical (unpaired) electrons. The van der Waals surface area contributed by atoms with Crippen molar-refractivity contribution < 1.29 is 14.3 Å². The molecule has 1 aliphatic rings. The zero-order valence-corrected chi connectivity index (χ0v) is 19.4. The number of allylic oxidation sites excluding steroid dienone is 1. The van der Waals surface area contributed by atoms with E-state index in [0.29, 0.717) is 11.1 Å². The molecule has 0 fully saturated rings. The van der Waals surface area contributed by atoms with Gasteiger partial charge in [-0.2, -0.15) is 0 Å². The van der Waals surface area contributed by atoms with Gasteiger partial charge in [0.2, 0.25) is 0 Å². The number of ketones is 1. The standard InChI is InChI=1S/C28H28N2O3/c1-28(2)18-21-13-14-23(33-4)16-24(21)25(29-28)17-26(31)19-9-8-10-20(15-19)27(32)30(3)22-11-6-5-7-12-22/h5-17,29H,18H2,1-4H3/b25-17-. The van der Waals surface area contributed by atoms with Gasteiger partial charge in [0.1, 0.15) is 5.75 Å². The lowest BCUT2D eigenvalue weighted by Crippen LogP contribution is -2.43. The van der Waals surface area contributed by atoms with Crippen molar-refractivity contribution in [2.45, 2.75) is 25.8 Å². The number of benzene rings is 3. The summed E-state index contributed by atoms with van der Waals surface area (Å²) in [5, 5.41) is 3.49. The van der Waals surface area contributed by atoms with Crippen molar-refractivity contribution in [1.29, 1.82) is 0 Å². The van der Waals surface area contributed by atoms with Gasteiger partial charge in [-0.05, 0) is 62.2 Å². The average Bonchev–Trinajstić information content (AvgIpc) is 2.83. The zero-order chi connectivity index (χ0) is 23.6. The molecule has 0 spiro atoms. The maximum absolute atomic E-state index is 13.2. The molecule has 168 valence electrons. The molecule has 0 atom stereocenters. The second-order valence-corrected chi connectivity index (χ2v) is 8.91. The molecule has 0 unspecified atom stereocenters. The molecule has 3 aromatic carbocycles. The molecule has 5 nitrogen and oxygen atoms in total. The molecule has 1 amide bonds. The Morgan fingerprint density at radius 1 is 0.970 bits per heavy atom. The van der Waals surface area contributed by atoms with Crippen molar-refractivity contribution in [3.63, 3.8) is 0 Å². The number of nitrogens with one attached hydrogen (secondary N) is 1. The van der Waals surface area contributed by atoms with Crippen LogP contribution in [0.1, 0.15) is 45.7 Å². The molecule has 1 N–H and O–H groups in total. The molecule has 1 heterocycles. The van der Waals surface area contributed by atoms with Gasteiger partial charge in [-0.3, -0.25) is 9.59 Å². The maximum atomic E-state index is 13.2. The first-order chi connectivity index (χ1) is 15.8. The number of nitrogens with zero attached hydrogens (tertiary/aromatic N) is 1. The predicted octanol–water partition coefficient (Wildman–Crippen LogP) is 5.12. The third-order valence-electron chi connectivity index (χ3n) is 5.83. The van der Waals surface area contributed by atoms with Crippen molar-refractivity contribution in [2.75, 3.05) is 19.1 Å². The Bertz CT molecular complexity index is 1230. The van der Waals surface area contributed by atoms with Crippen molar-refractivity contribution in [3.05, 3.63) is 101 Å². The van der Waals surface area contributed by atoms with E-state index in [1.54, 1.807) is 49.4 Å². The highest BCUT2D eigenvalue weighted by molar-refractivity contribution is 6.11. The lowest BCUT2D eigenvalue weighted by molar-refractivity contribution is 0.0993. The van der Waals surface area contributed by atoms with Crippen LogP contribution in [0.5, 0.6) is 5.75 Å². The molecule has 0 bridgehead atoms. The Hall–Kier alpha value is -3.86. The van der Waals surface area contributed by atoms with Crippen molar-refractivity contribution in [3.8, 4) is 5.75 Å². The van der Waals surface area contributed by atoms with E-state index in [1.165, 1.54) is 0 Å². The minimum Gasteiger partial charge on any atom is -0.497 e. The quantitative estimate of drug-likeness (QED) is 0.442. The summed E-state index contributed by atoms with van der Waals surface area (Å²) in [5.74, 6) is 0.404. The summed E-state index contributed by atoms with van der Waals surface area (Å²) in [6.07, 6.45) is 2.46. The van der Waals surface area contributed by atoms with Crippen LogP contribution in [0.4, 0.5) is 5.69 Å². The predicted molar refractivity (Wildman–Crippen MR) is 132 cm³/mol. The zero-order valence-electron chi connectivity index (χ0n) is 19.4. The second-order valence-electron chi connectivity index (χ2n) is 8.91. The highest BCUT2D eigenvalue weighted by atomic mass is 16.5. The van der Waals surface area contributed by atoms with E-state index >= 15 is 0 Å². The number of ether oxygens (including phenoxy) is 1. The molecular weight excluding hydrogens is 412 g/mol. The fourth-order valence-corrected chi connectivity index (χ4v) is 4.14. The van der Waals surface area contributed by atoms with Crippen LogP contribution in [0.3, 0.4) is 0 Å². The Morgan fingerprint density at radius 3 is 2.42 bits per heavy atom. The highest BCUT2D eigenvalue weighted by Gasteiger charge is 2.28. The molecule has 0 aromatic heterocycles. The number of carbonyl (C=O) groups excluding carboxylic acids is 2. The first kappa shape index (κ1) is 22.3. The van der Waals surface area contributed by atoms with E-state index in [4.69, 9.17) is 4.74 Å². The summed E-state index contributed by atoms with van der Waals surface area (Å²) >= 11 is 0. The molecular formula is C28H28N2O3. The summed E-state index contributed by atoms with van der Waals surface area (Å²) < 4.78 is 5.39. The number of anilines is 1. The van der Waals surface area contributed by atoms with Gasteiger partial charge >= 0.3 is 0 Å². The van der Waals surface area contributed by atoms with Crippen LogP contribution >= 0.6 is 0 Å². The van der Waals surface area contributed by atoms with Crippen molar-refractivity contribution in [1.82, 2.24) is 5.32 Å². The Balaban J connectivity index is 1.65. The third kappa shape index (κ3) is 4.82. The maximum Gasteiger partial charge on any atom is 0.258 e. The average molecular weight is 441 g/mol. The van der Waals surface area contributed by atoms with Gasteiger partial charge in [-0.25, -0.2) is 0 Å². The van der Waals surface area contributed by atoms with Crippen LogP contribution in [-0.2, 0) is 6.42 Å². The van der Waals surface area contributed by atoms with Gasteiger partial charge in [0.25, 0.3) is 5.91 Å². The van der Waals surface area contributed by atoms with Gasteiger partial charge in [0.05, 0.1) is 7.11 Å². The Kier molecular flexibility index (Phi) is 6.05. The molecule has 0 saturated heterocycles. The first-order valence-electron chi connectivity index (χ1n) is 10.9.